The fourth-order valence-electron chi connectivity index (χ4n) is 4.53. The monoisotopic (exact) mass is 322 g/mol. The number of phenols is 1. The summed E-state index contributed by atoms with van der Waals surface area (Å²) in [6, 6.07) is 17.0. The van der Waals surface area contributed by atoms with Crippen molar-refractivity contribution >= 4 is 0 Å². The Labute approximate surface area is 146 Å². The molecule has 1 nitrogen and oxygen atoms in total. The zero-order chi connectivity index (χ0) is 17.3. The molecule has 128 valence electrons. The first kappa shape index (κ1) is 17.1. The second-order valence-electron chi connectivity index (χ2n) is 8.28. The number of hydrogen-bond donors (Lipinski definition) is 1. The van der Waals surface area contributed by atoms with Crippen LogP contribution in [0.15, 0.2) is 48.5 Å². The number of phenolic OH excluding ortho intramolecular Hbond substituents is 1. The summed E-state index contributed by atoms with van der Waals surface area (Å²) in [6.07, 6.45) is 3.68. The van der Waals surface area contributed by atoms with Crippen LogP contribution in [0.5, 0.6) is 5.75 Å². The zero-order valence-corrected chi connectivity index (χ0v) is 15.4. The van der Waals surface area contributed by atoms with Crippen LogP contribution in [0.1, 0.15) is 62.6 Å². The van der Waals surface area contributed by atoms with Gasteiger partial charge in [0.15, 0.2) is 0 Å². The second kappa shape index (κ2) is 6.63. The first-order chi connectivity index (χ1) is 11.4. The fraction of sp³-hybridized carbons (Fsp3) is 0.478. The minimum Gasteiger partial charge on any atom is -0.508 e. The Kier molecular flexibility index (Phi) is 4.71. The maximum atomic E-state index is 9.61. The van der Waals surface area contributed by atoms with E-state index in [1.54, 1.807) is 0 Å². The predicted molar refractivity (Wildman–Crippen MR) is 102 cm³/mol. The molecule has 0 amide bonds. The summed E-state index contributed by atoms with van der Waals surface area (Å²) in [7, 11) is 0. The van der Waals surface area contributed by atoms with Gasteiger partial charge in [0.05, 0.1) is 0 Å². The van der Waals surface area contributed by atoms with Gasteiger partial charge in [0.2, 0.25) is 0 Å². The van der Waals surface area contributed by atoms with E-state index in [4.69, 9.17) is 0 Å². The maximum absolute atomic E-state index is 9.61. The summed E-state index contributed by atoms with van der Waals surface area (Å²) >= 11 is 0. The first-order valence-electron chi connectivity index (χ1n) is 9.25. The Hall–Kier alpha value is -1.76. The lowest BCUT2D eigenvalue weighted by Crippen LogP contribution is -2.35. The smallest absolute Gasteiger partial charge is 0.115 e. The molecule has 0 spiro atoms. The molecule has 1 heteroatoms. The van der Waals surface area contributed by atoms with Gasteiger partial charge in [0.1, 0.15) is 5.75 Å². The average Bonchev–Trinajstić information content (AvgIpc) is 2.55. The van der Waals surface area contributed by atoms with Gasteiger partial charge in [0.25, 0.3) is 0 Å². The highest BCUT2D eigenvalue weighted by Crippen LogP contribution is 2.50. The molecule has 0 bridgehead atoms. The van der Waals surface area contributed by atoms with Crippen molar-refractivity contribution in [3.05, 3.63) is 65.2 Å². The second-order valence-corrected chi connectivity index (χ2v) is 8.28. The van der Waals surface area contributed by atoms with Gasteiger partial charge in [-0.3, -0.25) is 0 Å². The van der Waals surface area contributed by atoms with Gasteiger partial charge in [-0.25, -0.2) is 0 Å². The van der Waals surface area contributed by atoms with Crippen molar-refractivity contribution in [1.29, 1.82) is 0 Å². The van der Waals surface area contributed by atoms with E-state index in [1.165, 1.54) is 36.0 Å². The topological polar surface area (TPSA) is 20.2 Å². The Morgan fingerprint density at radius 3 is 2.21 bits per heavy atom. The van der Waals surface area contributed by atoms with E-state index in [0.717, 1.165) is 5.92 Å². The molecular weight excluding hydrogens is 292 g/mol. The van der Waals surface area contributed by atoms with Gasteiger partial charge in [-0.2, -0.15) is 0 Å². The van der Waals surface area contributed by atoms with Crippen molar-refractivity contribution in [1.82, 2.24) is 0 Å². The summed E-state index contributed by atoms with van der Waals surface area (Å²) < 4.78 is 0. The van der Waals surface area contributed by atoms with Crippen LogP contribution in [0, 0.1) is 18.8 Å². The highest BCUT2D eigenvalue weighted by Gasteiger charge is 2.40. The van der Waals surface area contributed by atoms with Crippen molar-refractivity contribution < 1.29 is 5.11 Å². The lowest BCUT2D eigenvalue weighted by atomic mass is 9.59. The zero-order valence-electron chi connectivity index (χ0n) is 15.4. The van der Waals surface area contributed by atoms with Crippen LogP contribution in [-0.2, 0) is 5.41 Å². The minimum absolute atomic E-state index is 0.189. The minimum atomic E-state index is 0.189. The van der Waals surface area contributed by atoms with E-state index in [0.29, 0.717) is 17.6 Å². The molecule has 1 aliphatic carbocycles. The third kappa shape index (κ3) is 3.36. The van der Waals surface area contributed by atoms with Crippen LogP contribution in [0.4, 0.5) is 0 Å². The molecule has 0 heterocycles. The highest BCUT2D eigenvalue weighted by atomic mass is 16.3. The van der Waals surface area contributed by atoms with Crippen molar-refractivity contribution in [3.63, 3.8) is 0 Å². The Morgan fingerprint density at radius 2 is 1.62 bits per heavy atom. The van der Waals surface area contributed by atoms with Crippen LogP contribution in [-0.4, -0.2) is 5.11 Å². The van der Waals surface area contributed by atoms with Gasteiger partial charge >= 0.3 is 0 Å². The standard InChI is InChI=1S/C23H30O/c1-16(2)21-13-14-23(4,19-9-11-20(24)12-10-19)15-22(21)18-7-5-17(3)6-8-18/h5-12,16,21-22,24H,13-15H2,1-4H3. The molecule has 2 aromatic rings. The van der Waals surface area contributed by atoms with E-state index in [9.17, 15) is 5.11 Å². The normalized spacial score (nSPS) is 27.4. The predicted octanol–water partition coefficient (Wildman–Crippen LogP) is 6.20. The molecule has 1 saturated carbocycles. The van der Waals surface area contributed by atoms with Crippen LogP contribution >= 0.6 is 0 Å². The van der Waals surface area contributed by atoms with Gasteiger partial charge in [-0.1, -0.05) is 62.7 Å². The summed E-state index contributed by atoms with van der Waals surface area (Å²) in [6.45, 7) is 9.30. The quantitative estimate of drug-likeness (QED) is 0.713. The van der Waals surface area contributed by atoms with Crippen molar-refractivity contribution in [3.8, 4) is 5.75 Å². The molecule has 0 aromatic heterocycles. The molecule has 3 unspecified atom stereocenters. The van der Waals surface area contributed by atoms with Crippen LogP contribution in [0.25, 0.3) is 0 Å². The number of aryl methyl sites for hydroxylation is 1. The lowest BCUT2D eigenvalue weighted by molar-refractivity contribution is 0.171. The van der Waals surface area contributed by atoms with E-state index in [-0.39, 0.29) is 5.41 Å². The molecule has 0 aliphatic heterocycles. The first-order valence-corrected chi connectivity index (χ1v) is 9.25. The molecule has 0 saturated heterocycles. The van der Waals surface area contributed by atoms with Crippen molar-refractivity contribution in [2.24, 2.45) is 11.8 Å². The van der Waals surface area contributed by atoms with E-state index in [2.05, 4.69) is 64.1 Å². The van der Waals surface area contributed by atoms with Gasteiger partial charge < -0.3 is 5.11 Å². The van der Waals surface area contributed by atoms with E-state index in [1.807, 2.05) is 12.1 Å². The molecule has 1 fully saturated rings. The van der Waals surface area contributed by atoms with Gasteiger partial charge in [-0.15, -0.1) is 0 Å². The summed E-state index contributed by atoms with van der Waals surface area (Å²) in [4.78, 5) is 0. The molecule has 1 aliphatic rings. The SMILES string of the molecule is Cc1ccc(C2CC(C)(c3ccc(O)cc3)CCC2C(C)C)cc1. The van der Waals surface area contributed by atoms with E-state index >= 15 is 0 Å². The molecule has 3 atom stereocenters. The third-order valence-electron chi connectivity index (χ3n) is 6.14. The molecule has 1 N–H and O–H groups in total. The molecule has 2 aromatic carbocycles. The summed E-state index contributed by atoms with van der Waals surface area (Å²) in [5.41, 5.74) is 4.37. The van der Waals surface area contributed by atoms with Gasteiger partial charge in [0, 0.05) is 0 Å². The Bertz CT molecular complexity index is 668. The molecule has 3 rings (SSSR count). The number of rotatable bonds is 3. The molecule has 24 heavy (non-hydrogen) atoms. The molecular formula is C23H30O. The van der Waals surface area contributed by atoms with Gasteiger partial charge in [-0.05, 0) is 72.6 Å². The lowest BCUT2D eigenvalue weighted by Gasteiger charge is -2.45. The Morgan fingerprint density at radius 1 is 1.00 bits per heavy atom. The average molecular weight is 322 g/mol. The largest absolute Gasteiger partial charge is 0.508 e. The van der Waals surface area contributed by atoms with Crippen molar-refractivity contribution in [2.75, 3.05) is 0 Å². The number of hydrogen-bond acceptors (Lipinski definition) is 1. The summed E-state index contributed by atoms with van der Waals surface area (Å²) in [5.74, 6) is 2.42. The van der Waals surface area contributed by atoms with Crippen LogP contribution in [0.3, 0.4) is 0 Å². The van der Waals surface area contributed by atoms with Crippen LogP contribution in [0.2, 0.25) is 0 Å². The van der Waals surface area contributed by atoms with Crippen molar-refractivity contribution in [2.45, 2.75) is 58.3 Å². The maximum Gasteiger partial charge on any atom is 0.115 e. The summed E-state index contributed by atoms with van der Waals surface area (Å²) in [5, 5.41) is 9.61. The van der Waals surface area contributed by atoms with E-state index < -0.39 is 0 Å². The number of aromatic hydroxyl groups is 1. The fourth-order valence-corrected chi connectivity index (χ4v) is 4.53. The highest BCUT2D eigenvalue weighted by molar-refractivity contribution is 5.34. The molecule has 0 radical (unpaired) electrons. The Balaban J connectivity index is 1.93. The number of benzene rings is 2. The van der Waals surface area contributed by atoms with Crippen LogP contribution < -0.4 is 0 Å². The third-order valence-corrected chi connectivity index (χ3v) is 6.14.